The maximum absolute atomic E-state index is 12.4. The van der Waals surface area contributed by atoms with Gasteiger partial charge in [-0.15, -0.1) is 11.3 Å². The minimum absolute atomic E-state index is 0.0732. The minimum atomic E-state index is 0.0732. The van der Waals surface area contributed by atoms with Gasteiger partial charge in [0.25, 0.3) is 0 Å². The van der Waals surface area contributed by atoms with Gasteiger partial charge in [-0.3, -0.25) is 4.79 Å². The van der Waals surface area contributed by atoms with Gasteiger partial charge < -0.3 is 14.5 Å². The average Bonchev–Trinajstić information content (AvgIpc) is 3.35. The fourth-order valence-corrected chi connectivity index (χ4v) is 4.63. The predicted molar refractivity (Wildman–Crippen MR) is 108 cm³/mol. The van der Waals surface area contributed by atoms with Crippen LogP contribution in [0.5, 0.6) is 5.75 Å². The Kier molecular flexibility index (Phi) is 4.90. The van der Waals surface area contributed by atoms with Crippen molar-refractivity contribution in [2.75, 3.05) is 38.2 Å². The van der Waals surface area contributed by atoms with Crippen molar-refractivity contribution in [1.82, 2.24) is 9.88 Å². The van der Waals surface area contributed by atoms with E-state index in [4.69, 9.17) is 9.72 Å². The Morgan fingerprint density at radius 2 is 2.04 bits per heavy atom. The molecule has 3 aromatic rings. The number of hydrogen-bond donors (Lipinski definition) is 0. The van der Waals surface area contributed by atoms with Crippen molar-refractivity contribution < 1.29 is 9.53 Å². The summed E-state index contributed by atoms with van der Waals surface area (Å²) in [5, 5.41) is 3.00. The van der Waals surface area contributed by atoms with Crippen LogP contribution in [0.15, 0.2) is 41.8 Å². The number of methoxy groups -OCH3 is 1. The molecule has 2 aromatic heterocycles. The molecule has 0 unspecified atom stereocenters. The van der Waals surface area contributed by atoms with Crippen LogP contribution in [0.4, 0.5) is 5.13 Å². The average molecular weight is 386 g/mol. The van der Waals surface area contributed by atoms with E-state index in [-0.39, 0.29) is 5.91 Å². The lowest BCUT2D eigenvalue weighted by Crippen LogP contribution is -2.48. The van der Waals surface area contributed by atoms with E-state index in [1.54, 1.807) is 35.9 Å². The number of fused-ring (bicyclic) bond motifs is 1. The molecule has 1 amide bonds. The molecule has 0 bridgehead atoms. The Morgan fingerprint density at radius 3 is 2.77 bits per heavy atom. The van der Waals surface area contributed by atoms with Gasteiger partial charge in [0.1, 0.15) is 11.3 Å². The third kappa shape index (κ3) is 3.45. The second-order valence-electron chi connectivity index (χ2n) is 5.96. The van der Waals surface area contributed by atoms with Crippen LogP contribution in [0, 0.1) is 0 Å². The van der Waals surface area contributed by atoms with Crippen molar-refractivity contribution in [2.45, 2.75) is 0 Å². The highest BCUT2D eigenvalue weighted by Crippen LogP contribution is 2.34. The first-order valence-electron chi connectivity index (χ1n) is 8.43. The third-order valence-electron chi connectivity index (χ3n) is 4.39. The van der Waals surface area contributed by atoms with Crippen molar-refractivity contribution in [3.8, 4) is 5.75 Å². The third-order valence-corrected chi connectivity index (χ3v) is 6.30. The molecule has 0 aliphatic carbocycles. The maximum atomic E-state index is 12.4. The van der Waals surface area contributed by atoms with Crippen LogP contribution in [-0.4, -0.2) is 49.1 Å². The summed E-state index contributed by atoms with van der Waals surface area (Å²) in [6.45, 7) is 3.00. The number of nitrogens with zero attached hydrogens (tertiary/aromatic N) is 3. The summed E-state index contributed by atoms with van der Waals surface area (Å²) in [4.78, 5) is 22.3. The second kappa shape index (κ2) is 7.47. The molecule has 5 nitrogen and oxygen atoms in total. The molecule has 0 atom stereocenters. The molecule has 134 valence electrons. The van der Waals surface area contributed by atoms with Gasteiger partial charge in [-0.1, -0.05) is 23.5 Å². The molecule has 1 fully saturated rings. The van der Waals surface area contributed by atoms with Gasteiger partial charge >= 0.3 is 0 Å². The van der Waals surface area contributed by atoms with E-state index in [1.165, 1.54) is 0 Å². The summed E-state index contributed by atoms with van der Waals surface area (Å²) in [7, 11) is 1.67. The minimum Gasteiger partial charge on any atom is -0.494 e. The highest BCUT2D eigenvalue weighted by molar-refractivity contribution is 7.22. The number of ether oxygens (including phenoxy) is 1. The fraction of sp³-hybridized carbons (Fsp3) is 0.263. The van der Waals surface area contributed by atoms with Crippen LogP contribution in [0.3, 0.4) is 0 Å². The highest BCUT2D eigenvalue weighted by atomic mass is 32.1. The number of anilines is 1. The van der Waals surface area contributed by atoms with Crippen LogP contribution in [0.2, 0.25) is 0 Å². The Bertz CT molecular complexity index is 926. The molecule has 7 heteroatoms. The van der Waals surface area contributed by atoms with Crippen LogP contribution in [0.25, 0.3) is 16.3 Å². The number of carbonyl (C=O) groups excluding carboxylic acids is 1. The molecule has 1 aliphatic heterocycles. The largest absolute Gasteiger partial charge is 0.494 e. The van der Waals surface area contributed by atoms with Crippen LogP contribution in [0.1, 0.15) is 4.88 Å². The summed E-state index contributed by atoms with van der Waals surface area (Å²) in [6, 6.07) is 9.98. The summed E-state index contributed by atoms with van der Waals surface area (Å²) in [5.74, 6) is 0.876. The Labute approximate surface area is 160 Å². The molecule has 4 rings (SSSR count). The smallest absolute Gasteiger partial charge is 0.246 e. The zero-order valence-electron chi connectivity index (χ0n) is 14.4. The Hall–Kier alpha value is -2.38. The summed E-state index contributed by atoms with van der Waals surface area (Å²) in [5.41, 5.74) is 0.910. The van der Waals surface area contributed by atoms with Gasteiger partial charge in [-0.25, -0.2) is 4.98 Å². The van der Waals surface area contributed by atoms with E-state index < -0.39 is 0 Å². The molecule has 0 saturated carbocycles. The topological polar surface area (TPSA) is 45.7 Å². The number of rotatable bonds is 4. The van der Waals surface area contributed by atoms with Gasteiger partial charge in [0.2, 0.25) is 5.91 Å². The lowest BCUT2D eigenvalue weighted by molar-refractivity contribution is -0.126. The van der Waals surface area contributed by atoms with E-state index in [0.29, 0.717) is 13.1 Å². The number of piperazine rings is 1. The zero-order valence-corrected chi connectivity index (χ0v) is 16.1. The Balaban J connectivity index is 1.41. The van der Waals surface area contributed by atoms with Crippen molar-refractivity contribution in [3.05, 3.63) is 46.7 Å². The number of hydrogen-bond acceptors (Lipinski definition) is 6. The van der Waals surface area contributed by atoms with Crippen molar-refractivity contribution in [3.63, 3.8) is 0 Å². The van der Waals surface area contributed by atoms with Gasteiger partial charge in [0, 0.05) is 37.1 Å². The lowest BCUT2D eigenvalue weighted by Gasteiger charge is -2.34. The molecule has 1 aliphatic rings. The first-order chi connectivity index (χ1) is 12.7. The van der Waals surface area contributed by atoms with Crippen molar-refractivity contribution >= 4 is 50.0 Å². The molecule has 0 radical (unpaired) electrons. The molecule has 0 N–H and O–H groups in total. The number of carbonyl (C=O) groups is 1. The highest BCUT2D eigenvalue weighted by Gasteiger charge is 2.22. The number of thiazole rings is 1. The van der Waals surface area contributed by atoms with Gasteiger partial charge in [0.05, 0.1) is 11.8 Å². The molecule has 3 heterocycles. The summed E-state index contributed by atoms with van der Waals surface area (Å²) >= 11 is 3.30. The molecular formula is C19H19N3O2S2. The van der Waals surface area contributed by atoms with Gasteiger partial charge in [0.15, 0.2) is 5.13 Å². The number of aromatic nitrogens is 1. The predicted octanol–water partition coefficient (Wildman–Crippen LogP) is 3.73. The quantitative estimate of drug-likeness (QED) is 0.642. The van der Waals surface area contributed by atoms with Crippen LogP contribution in [-0.2, 0) is 4.79 Å². The number of thiophene rings is 1. The van der Waals surface area contributed by atoms with Gasteiger partial charge in [-0.05, 0) is 29.7 Å². The zero-order chi connectivity index (χ0) is 17.9. The van der Waals surface area contributed by atoms with Crippen molar-refractivity contribution in [2.24, 2.45) is 0 Å². The summed E-state index contributed by atoms with van der Waals surface area (Å²) in [6.07, 6.45) is 3.56. The maximum Gasteiger partial charge on any atom is 0.246 e. The second-order valence-corrected chi connectivity index (χ2v) is 7.95. The Morgan fingerprint density at radius 1 is 1.19 bits per heavy atom. The molecular weight excluding hydrogens is 366 g/mol. The molecule has 0 spiro atoms. The SMILES string of the molecule is COc1cccc2sc(N3CCN(C(=O)/C=C/c4cccs4)CC3)nc12. The molecule has 1 aromatic carbocycles. The first-order valence-corrected chi connectivity index (χ1v) is 10.1. The monoisotopic (exact) mass is 385 g/mol. The normalized spacial score (nSPS) is 15.1. The van der Waals surface area contributed by atoms with E-state index in [9.17, 15) is 4.79 Å². The van der Waals surface area contributed by atoms with Crippen LogP contribution >= 0.6 is 22.7 Å². The number of amides is 1. The van der Waals surface area contributed by atoms with E-state index in [2.05, 4.69) is 11.0 Å². The molecule has 26 heavy (non-hydrogen) atoms. The molecule has 1 saturated heterocycles. The van der Waals surface area contributed by atoms with Crippen LogP contribution < -0.4 is 9.64 Å². The summed E-state index contributed by atoms with van der Waals surface area (Å²) < 4.78 is 6.52. The van der Waals surface area contributed by atoms with E-state index in [1.807, 2.05) is 40.6 Å². The standard InChI is InChI=1S/C19H19N3O2S2/c1-24-15-5-2-6-16-18(15)20-19(26-16)22-11-9-21(10-12-22)17(23)8-7-14-4-3-13-25-14/h2-8,13H,9-12H2,1H3/b8-7+. The van der Waals surface area contributed by atoms with Gasteiger partial charge in [-0.2, -0.15) is 0 Å². The first kappa shape index (κ1) is 17.1. The number of benzene rings is 1. The fourth-order valence-electron chi connectivity index (χ4n) is 2.97. The lowest BCUT2D eigenvalue weighted by atomic mass is 10.3. The van der Waals surface area contributed by atoms with E-state index in [0.717, 1.165) is 39.1 Å². The number of para-hydroxylation sites is 1. The van der Waals surface area contributed by atoms with Crippen molar-refractivity contribution in [1.29, 1.82) is 0 Å². The van der Waals surface area contributed by atoms with E-state index >= 15 is 0 Å².